The monoisotopic (exact) mass is 243 g/mol. The molecule has 0 saturated carbocycles. The van der Waals surface area contributed by atoms with Gasteiger partial charge in [0.05, 0.1) is 0 Å². The molecule has 4 nitrogen and oxygen atoms in total. The number of aromatic nitrogens is 2. The predicted molar refractivity (Wildman–Crippen MR) is 71.7 cm³/mol. The molecule has 2 aromatic rings. The summed E-state index contributed by atoms with van der Waals surface area (Å²) in [6, 6.07) is 11.4. The summed E-state index contributed by atoms with van der Waals surface area (Å²) in [7, 11) is 0. The molecule has 0 aliphatic heterocycles. The van der Waals surface area contributed by atoms with Crippen LogP contribution in [0, 0.1) is 0 Å². The van der Waals surface area contributed by atoms with E-state index in [9.17, 15) is 0 Å². The molecule has 0 bridgehead atoms. The Kier molecular flexibility index (Phi) is 3.77. The average molecular weight is 243 g/mol. The van der Waals surface area contributed by atoms with Gasteiger partial charge in [-0.1, -0.05) is 32.0 Å². The summed E-state index contributed by atoms with van der Waals surface area (Å²) in [5.41, 5.74) is 6.67. The van der Waals surface area contributed by atoms with E-state index in [1.807, 2.05) is 18.2 Å². The summed E-state index contributed by atoms with van der Waals surface area (Å²) in [5, 5.41) is 7.68. The van der Waals surface area contributed by atoms with Gasteiger partial charge in [-0.2, -0.15) is 0 Å². The van der Waals surface area contributed by atoms with Crippen LogP contribution >= 0.6 is 0 Å². The zero-order chi connectivity index (χ0) is 13.0. The molecule has 1 aromatic carbocycles. The number of rotatable bonds is 4. The van der Waals surface area contributed by atoms with Gasteiger partial charge in [-0.25, -0.2) is 0 Å². The maximum absolute atomic E-state index is 5.76. The molecular weight excluding hydrogens is 226 g/mol. The minimum atomic E-state index is 0.387. The predicted octanol–water partition coefficient (Wildman–Crippen LogP) is 3.36. The van der Waals surface area contributed by atoms with Crippen molar-refractivity contribution >= 4 is 5.82 Å². The Morgan fingerprint density at radius 3 is 2.61 bits per heavy atom. The Hall–Kier alpha value is -2.10. The highest BCUT2D eigenvalue weighted by Crippen LogP contribution is 2.31. The molecule has 0 saturated heterocycles. The topological polar surface area (TPSA) is 61.0 Å². The first-order valence-electron chi connectivity index (χ1n) is 6.06. The molecule has 4 heteroatoms. The molecule has 2 rings (SSSR count). The van der Waals surface area contributed by atoms with Crippen molar-refractivity contribution in [1.29, 1.82) is 0 Å². The molecule has 0 spiro atoms. The van der Waals surface area contributed by atoms with Gasteiger partial charge in [0, 0.05) is 6.07 Å². The van der Waals surface area contributed by atoms with E-state index < -0.39 is 0 Å². The second-order valence-electron chi connectivity index (χ2n) is 4.25. The van der Waals surface area contributed by atoms with E-state index in [4.69, 9.17) is 10.5 Å². The zero-order valence-corrected chi connectivity index (χ0v) is 10.6. The quantitative estimate of drug-likeness (QED) is 0.894. The number of anilines is 1. The highest BCUT2D eigenvalue weighted by atomic mass is 16.5. The van der Waals surface area contributed by atoms with Crippen LogP contribution < -0.4 is 10.5 Å². The summed E-state index contributed by atoms with van der Waals surface area (Å²) in [6.07, 6.45) is 1.06. The molecule has 0 aliphatic carbocycles. The standard InChI is InChI=1S/C14H17N3O/c1-3-10(2)11-6-4-5-7-12(11)18-14-9-8-13(15)16-17-14/h4-10H,3H2,1-2H3,(H2,15,16). The van der Waals surface area contributed by atoms with Gasteiger partial charge in [-0.3, -0.25) is 0 Å². The molecule has 18 heavy (non-hydrogen) atoms. The third kappa shape index (κ3) is 2.77. The Labute approximate surface area is 107 Å². The lowest BCUT2D eigenvalue weighted by molar-refractivity contribution is 0.445. The smallest absolute Gasteiger partial charge is 0.239 e. The van der Waals surface area contributed by atoms with Crippen LogP contribution in [0.25, 0.3) is 0 Å². The molecule has 0 amide bonds. The van der Waals surface area contributed by atoms with Crippen molar-refractivity contribution in [3.63, 3.8) is 0 Å². The first-order valence-corrected chi connectivity index (χ1v) is 6.06. The van der Waals surface area contributed by atoms with Crippen molar-refractivity contribution in [2.75, 3.05) is 5.73 Å². The zero-order valence-electron chi connectivity index (χ0n) is 10.6. The van der Waals surface area contributed by atoms with Crippen LogP contribution in [0.5, 0.6) is 11.6 Å². The number of benzene rings is 1. The summed E-state index contributed by atoms with van der Waals surface area (Å²) < 4.78 is 5.76. The van der Waals surface area contributed by atoms with Gasteiger partial charge in [-0.15, -0.1) is 10.2 Å². The molecule has 1 atom stereocenters. The number of nitrogens with zero attached hydrogens (tertiary/aromatic N) is 2. The highest BCUT2D eigenvalue weighted by Gasteiger charge is 2.10. The maximum Gasteiger partial charge on any atom is 0.239 e. The number of nitrogens with two attached hydrogens (primary N) is 1. The molecule has 94 valence electrons. The first kappa shape index (κ1) is 12.4. The number of hydrogen-bond donors (Lipinski definition) is 1. The Morgan fingerprint density at radius 1 is 1.17 bits per heavy atom. The van der Waals surface area contributed by atoms with Gasteiger partial charge in [0.15, 0.2) is 0 Å². The Morgan fingerprint density at radius 2 is 1.94 bits per heavy atom. The highest BCUT2D eigenvalue weighted by molar-refractivity contribution is 5.38. The molecule has 0 fully saturated rings. The van der Waals surface area contributed by atoms with Crippen molar-refractivity contribution in [2.45, 2.75) is 26.2 Å². The second kappa shape index (κ2) is 5.49. The summed E-state index contributed by atoms with van der Waals surface area (Å²) in [5.74, 6) is 2.12. The van der Waals surface area contributed by atoms with Crippen molar-refractivity contribution < 1.29 is 4.74 Å². The molecule has 2 N–H and O–H groups in total. The van der Waals surface area contributed by atoms with Crippen molar-refractivity contribution in [1.82, 2.24) is 10.2 Å². The van der Waals surface area contributed by atoms with E-state index in [1.54, 1.807) is 12.1 Å². The van der Waals surface area contributed by atoms with Crippen molar-refractivity contribution in [3.8, 4) is 11.6 Å². The molecule has 0 radical (unpaired) electrons. The molecule has 0 aliphatic rings. The van der Waals surface area contributed by atoms with Crippen LogP contribution in [0.15, 0.2) is 36.4 Å². The third-order valence-electron chi connectivity index (χ3n) is 2.94. The largest absolute Gasteiger partial charge is 0.437 e. The fourth-order valence-electron chi connectivity index (χ4n) is 1.70. The van der Waals surface area contributed by atoms with E-state index in [1.165, 1.54) is 5.56 Å². The lowest BCUT2D eigenvalue weighted by Gasteiger charge is -2.14. The van der Waals surface area contributed by atoms with Crippen LogP contribution in [0.2, 0.25) is 0 Å². The Bertz CT molecular complexity index is 511. The van der Waals surface area contributed by atoms with E-state index in [-0.39, 0.29) is 0 Å². The minimum Gasteiger partial charge on any atom is -0.437 e. The summed E-state index contributed by atoms with van der Waals surface area (Å²) in [6.45, 7) is 4.33. The summed E-state index contributed by atoms with van der Waals surface area (Å²) >= 11 is 0. The first-order chi connectivity index (χ1) is 8.70. The lowest BCUT2D eigenvalue weighted by Crippen LogP contribution is -1.98. The maximum atomic E-state index is 5.76. The molecular formula is C14H17N3O. The number of hydrogen-bond acceptors (Lipinski definition) is 4. The normalized spacial score (nSPS) is 12.1. The fraction of sp³-hybridized carbons (Fsp3) is 0.286. The van der Waals surface area contributed by atoms with Gasteiger partial charge in [0.2, 0.25) is 5.88 Å². The van der Waals surface area contributed by atoms with Crippen LogP contribution in [0.1, 0.15) is 31.7 Å². The lowest BCUT2D eigenvalue weighted by atomic mass is 9.98. The van der Waals surface area contributed by atoms with Gasteiger partial charge in [0.1, 0.15) is 11.6 Å². The van der Waals surface area contributed by atoms with E-state index in [0.717, 1.165) is 12.2 Å². The van der Waals surface area contributed by atoms with Gasteiger partial charge >= 0.3 is 0 Å². The number of ether oxygens (including phenoxy) is 1. The van der Waals surface area contributed by atoms with Crippen molar-refractivity contribution in [3.05, 3.63) is 42.0 Å². The minimum absolute atomic E-state index is 0.387. The van der Waals surface area contributed by atoms with Crippen LogP contribution in [-0.4, -0.2) is 10.2 Å². The van der Waals surface area contributed by atoms with E-state index >= 15 is 0 Å². The van der Waals surface area contributed by atoms with Crippen LogP contribution in [0.3, 0.4) is 0 Å². The SMILES string of the molecule is CCC(C)c1ccccc1Oc1ccc(N)nn1. The molecule has 1 aromatic heterocycles. The van der Waals surface area contributed by atoms with E-state index in [2.05, 4.69) is 30.1 Å². The fourth-order valence-corrected chi connectivity index (χ4v) is 1.70. The van der Waals surface area contributed by atoms with Crippen LogP contribution in [-0.2, 0) is 0 Å². The van der Waals surface area contributed by atoms with Gasteiger partial charge in [-0.05, 0) is 30.0 Å². The average Bonchev–Trinajstić information content (AvgIpc) is 2.41. The third-order valence-corrected chi connectivity index (χ3v) is 2.94. The second-order valence-corrected chi connectivity index (χ2v) is 4.25. The molecule has 1 heterocycles. The van der Waals surface area contributed by atoms with Gasteiger partial charge in [0.25, 0.3) is 0 Å². The number of nitrogen functional groups attached to an aromatic ring is 1. The number of para-hydroxylation sites is 1. The van der Waals surface area contributed by atoms with Gasteiger partial charge < -0.3 is 10.5 Å². The van der Waals surface area contributed by atoms with Crippen LogP contribution in [0.4, 0.5) is 5.82 Å². The summed E-state index contributed by atoms with van der Waals surface area (Å²) in [4.78, 5) is 0. The van der Waals surface area contributed by atoms with Crippen molar-refractivity contribution in [2.24, 2.45) is 0 Å². The molecule has 1 unspecified atom stereocenters. The van der Waals surface area contributed by atoms with E-state index in [0.29, 0.717) is 17.6 Å². The Balaban J connectivity index is 2.26.